The Morgan fingerprint density at radius 1 is 1.20 bits per heavy atom. The molecule has 0 saturated carbocycles. The summed E-state index contributed by atoms with van der Waals surface area (Å²) in [6.07, 6.45) is 0. The molecule has 0 bridgehead atoms. The summed E-state index contributed by atoms with van der Waals surface area (Å²) in [6.45, 7) is 6.15. The number of carbonyl (C=O) groups is 1. The van der Waals surface area contributed by atoms with Gasteiger partial charge >= 0.3 is 0 Å². The van der Waals surface area contributed by atoms with Gasteiger partial charge in [0.2, 0.25) is 0 Å². The number of hydrogen-bond donors (Lipinski definition) is 1. The molecule has 0 saturated heterocycles. The van der Waals surface area contributed by atoms with E-state index in [0.717, 1.165) is 0 Å². The Kier molecular flexibility index (Phi) is 4.15. The van der Waals surface area contributed by atoms with E-state index in [0.29, 0.717) is 16.5 Å². The summed E-state index contributed by atoms with van der Waals surface area (Å²) in [4.78, 5) is 11.7. The minimum Gasteiger partial charge on any atom is -0.349 e. The van der Waals surface area contributed by atoms with Crippen LogP contribution in [0.1, 0.15) is 31.1 Å². The smallest absolute Gasteiger partial charge is 0.251 e. The fraction of sp³-hybridized carbons (Fsp3) is 0.417. The molecule has 1 aromatic carbocycles. The van der Waals surface area contributed by atoms with E-state index in [4.69, 9.17) is 11.6 Å². The first-order chi connectivity index (χ1) is 7.00. The van der Waals surface area contributed by atoms with E-state index in [-0.39, 0.29) is 11.9 Å². The van der Waals surface area contributed by atoms with Crippen molar-refractivity contribution in [2.75, 3.05) is 0 Å². The average molecular weight is 226 g/mol. The van der Waals surface area contributed by atoms with Crippen LogP contribution in [-0.4, -0.2) is 11.9 Å². The van der Waals surface area contributed by atoms with Crippen LogP contribution in [0.4, 0.5) is 0 Å². The van der Waals surface area contributed by atoms with Crippen molar-refractivity contribution >= 4 is 17.5 Å². The predicted molar refractivity (Wildman–Crippen MR) is 63.2 cm³/mol. The first kappa shape index (κ1) is 12.1. The molecular weight excluding hydrogens is 210 g/mol. The Morgan fingerprint density at radius 3 is 2.20 bits per heavy atom. The van der Waals surface area contributed by atoms with Crippen molar-refractivity contribution in [1.82, 2.24) is 5.32 Å². The topological polar surface area (TPSA) is 29.1 Å². The van der Waals surface area contributed by atoms with Crippen LogP contribution in [0.2, 0.25) is 5.02 Å². The first-order valence-corrected chi connectivity index (χ1v) is 5.45. The highest BCUT2D eigenvalue weighted by molar-refractivity contribution is 6.30. The van der Waals surface area contributed by atoms with Crippen LogP contribution in [0.3, 0.4) is 0 Å². The monoisotopic (exact) mass is 225 g/mol. The second kappa shape index (κ2) is 5.17. The van der Waals surface area contributed by atoms with Gasteiger partial charge in [0.1, 0.15) is 0 Å². The van der Waals surface area contributed by atoms with Crippen LogP contribution in [0.5, 0.6) is 0 Å². The van der Waals surface area contributed by atoms with Gasteiger partial charge in [-0.3, -0.25) is 4.79 Å². The zero-order valence-corrected chi connectivity index (χ0v) is 10.0. The molecule has 1 amide bonds. The van der Waals surface area contributed by atoms with Crippen molar-refractivity contribution in [3.8, 4) is 0 Å². The van der Waals surface area contributed by atoms with Gasteiger partial charge in [-0.05, 0) is 37.1 Å². The Hall–Kier alpha value is -1.02. The fourth-order valence-electron chi connectivity index (χ4n) is 1.06. The molecule has 0 aliphatic heterocycles. The Bertz CT molecular complexity index is 332. The second-order valence-corrected chi connectivity index (χ2v) is 4.45. The lowest BCUT2D eigenvalue weighted by molar-refractivity contribution is 0.0930. The minimum atomic E-state index is -0.0483. The second-order valence-electron chi connectivity index (χ2n) is 4.01. The molecule has 1 atom stereocenters. The number of carbonyl (C=O) groups excluding carboxylic acids is 1. The quantitative estimate of drug-likeness (QED) is 0.842. The summed E-state index contributed by atoms with van der Waals surface area (Å²) in [5.74, 6) is 0.383. The summed E-state index contributed by atoms with van der Waals surface area (Å²) < 4.78 is 0. The SMILES string of the molecule is CC(C)C(C)NC(=O)c1ccc(Cl)cc1. The zero-order chi connectivity index (χ0) is 11.4. The molecule has 0 spiro atoms. The lowest BCUT2D eigenvalue weighted by Gasteiger charge is -2.17. The molecule has 2 nitrogen and oxygen atoms in total. The van der Waals surface area contributed by atoms with Crippen LogP contribution < -0.4 is 5.32 Å². The third-order valence-corrected chi connectivity index (χ3v) is 2.72. The van der Waals surface area contributed by atoms with Gasteiger partial charge in [0.05, 0.1) is 0 Å². The molecule has 0 aliphatic carbocycles. The van der Waals surface area contributed by atoms with Crippen molar-refractivity contribution < 1.29 is 4.79 Å². The van der Waals surface area contributed by atoms with Crippen molar-refractivity contribution in [1.29, 1.82) is 0 Å². The normalized spacial score (nSPS) is 12.6. The highest BCUT2D eigenvalue weighted by Crippen LogP contribution is 2.10. The molecule has 82 valence electrons. The van der Waals surface area contributed by atoms with Crippen molar-refractivity contribution in [3.05, 3.63) is 34.9 Å². The number of nitrogens with one attached hydrogen (secondary N) is 1. The standard InChI is InChI=1S/C12H16ClNO/c1-8(2)9(3)14-12(15)10-4-6-11(13)7-5-10/h4-9H,1-3H3,(H,14,15). The van der Waals surface area contributed by atoms with E-state index in [1.165, 1.54) is 0 Å². The largest absolute Gasteiger partial charge is 0.349 e. The van der Waals surface area contributed by atoms with E-state index in [2.05, 4.69) is 19.2 Å². The van der Waals surface area contributed by atoms with Crippen LogP contribution in [0, 0.1) is 5.92 Å². The fourth-order valence-corrected chi connectivity index (χ4v) is 1.18. The minimum absolute atomic E-state index is 0.0483. The highest BCUT2D eigenvalue weighted by Gasteiger charge is 2.11. The molecule has 0 heterocycles. The van der Waals surface area contributed by atoms with E-state index >= 15 is 0 Å². The van der Waals surface area contributed by atoms with E-state index in [1.54, 1.807) is 24.3 Å². The molecular formula is C12H16ClNO. The third-order valence-electron chi connectivity index (χ3n) is 2.47. The average Bonchev–Trinajstić information content (AvgIpc) is 2.18. The number of benzene rings is 1. The van der Waals surface area contributed by atoms with Gasteiger partial charge < -0.3 is 5.32 Å². The highest BCUT2D eigenvalue weighted by atomic mass is 35.5. The molecule has 1 aromatic rings. The summed E-state index contributed by atoms with van der Waals surface area (Å²) >= 11 is 5.74. The molecule has 1 rings (SSSR count). The lowest BCUT2D eigenvalue weighted by Crippen LogP contribution is -2.36. The predicted octanol–water partition coefficient (Wildman–Crippen LogP) is 3.11. The Morgan fingerprint density at radius 2 is 1.73 bits per heavy atom. The lowest BCUT2D eigenvalue weighted by atomic mass is 10.1. The molecule has 0 aliphatic rings. The van der Waals surface area contributed by atoms with Gasteiger partial charge in [-0.25, -0.2) is 0 Å². The molecule has 0 aromatic heterocycles. The van der Waals surface area contributed by atoms with Crippen molar-refractivity contribution in [2.24, 2.45) is 5.92 Å². The Labute approximate surface area is 95.6 Å². The van der Waals surface area contributed by atoms with Crippen LogP contribution in [0.15, 0.2) is 24.3 Å². The summed E-state index contributed by atoms with van der Waals surface area (Å²) in [5, 5.41) is 3.58. The molecule has 3 heteroatoms. The number of hydrogen-bond acceptors (Lipinski definition) is 1. The van der Waals surface area contributed by atoms with Gasteiger partial charge in [-0.15, -0.1) is 0 Å². The van der Waals surface area contributed by atoms with Crippen LogP contribution >= 0.6 is 11.6 Å². The van der Waals surface area contributed by atoms with Gasteiger partial charge in [0.25, 0.3) is 5.91 Å². The van der Waals surface area contributed by atoms with Crippen molar-refractivity contribution in [3.63, 3.8) is 0 Å². The van der Waals surface area contributed by atoms with Gasteiger partial charge in [-0.1, -0.05) is 25.4 Å². The number of halogens is 1. The molecule has 0 radical (unpaired) electrons. The third kappa shape index (κ3) is 3.56. The molecule has 1 N–H and O–H groups in total. The van der Waals surface area contributed by atoms with E-state index in [1.807, 2.05) is 6.92 Å². The van der Waals surface area contributed by atoms with Crippen LogP contribution in [-0.2, 0) is 0 Å². The number of rotatable bonds is 3. The Balaban J connectivity index is 2.65. The number of amides is 1. The van der Waals surface area contributed by atoms with Crippen molar-refractivity contribution in [2.45, 2.75) is 26.8 Å². The zero-order valence-electron chi connectivity index (χ0n) is 9.25. The van der Waals surface area contributed by atoms with Gasteiger partial charge in [0.15, 0.2) is 0 Å². The maximum atomic E-state index is 11.7. The van der Waals surface area contributed by atoms with Gasteiger partial charge in [-0.2, -0.15) is 0 Å². The molecule has 0 fully saturated rings. The molecule has 15 heavy (non-hydrogen) atoms. The van der Waals surface area contributed by atoms with Crippen LogP contribution in [0.25, 0.3) is 0 Å². The van der Waals surface area contributed by atoms with E-state index in [9.17, 15) is 4.79 Å². The summed E-state index contributed by atoms with van der Waals surface area (Å²) in [7, 11) is 0. The van der Waals surface area contributed by atoms with Gasteiger partial charge in [0, 0.05) is 16.6 Å². The maximum Gasteiger partial charge on any atom is 0.251 e. The maximum absolute atomic E-state index is 11.7. The van der Waals surface area contributed by atoms with E-state index < -0.39 is 0 Å². The first-order valence-electron chi connectivity index (χ1n) is 5.07. The summed E-state index contributed by atoms with van der Waals surface area (Å²) in [5.41, 5.74) is 0.645. The summed E-state index contributed by atoms with van der Waals surface area (Å²) in [6, 6.07) is 7.07. The molecule has 1 unspecified atom stereocenters.